The molecule has 0 N–H and O–H groups in total. The highest BCUT2D eigenvalue weighted by atomic mass is 127. The molecule has 1 aromatic rings. The van der Waals surface area contributed by atoms with E-state index in [2.05, 4.69) is 11.9 Å². The van der Waals surface area contributed by atoms with Gasteiger partial charge in [-0.15, -0.1) is 0 Å². The summed E-state index contributed by atoms with van der Waals surface area (Å²) in [5, 5.41) is 0. The molecule has 1 aromatic heterocycles. The first-order chi connectivity index (χ1) is 9.75. The average Bonchev–Trinajstić information content (AvgIpc) is 2.45. The molecule has 0 saturated carbocycles. The quantitative estimate of drug-likeness (QED) is 0.403. The lowest BCUT2D eigenvalue weighted by Crippen LogP contribution is -2.22. The summed E-state index contributed by atoms with van der Waals surface area (Å²) in [5.41, 5.74) is 0.0940. The fraction of sp³-hybridized carbons (Fsp3) is 0.750. The van der Waals surface area contributed by atoms with Gasteiger partial charge in [0, 0.05) is 12.7 Å². The number of hydrogen-bond donors (Lipinski definition) is 0. The van der Waals surface area contributed by atoms with Crippen molar-refractivity contribution in [2.75, 3.05) is 0 Å². The van der Waals surface area contributed by atoms with E-state index in [1.807, 2.05) is 22.6 Å². The number of halogens is 1. The monoisotopic (exact) mass is 390 g/mol. The molecule has 4 heteroatoms. The molecule has 0 bridgehead atoms. The van der Waals surface area contributed by atoms with Crippen molar-refractivity contribution in [3.63, 3.8) is 0 Å². The van der Waals surface area contributed by atoms with Gasteiger partial charge in [0.25, 0.3) is 5.56 Å². The van der Waals surface area contributed by atoms with Crippen molar-refractivity contribution in [1.29, 1.82) is 0 Å². The first-order valence-electron chi connectivity index (χ1n) is 7.95. The van der Waals surface area contributed by atoms with Gasteiger partial charge in [0.15, 0.2) is 0 Å². The minimum atomic E-state index is 0.0940. The van der Waals surface area contributed by atoms with E-state index < -0.39 is 0 Å². The average molecular weight is 390 g/mol. The molecule has 0 spiro atoms. The summed E-state index contributed by atoms with van der Waals surface area (Å²) in [6.45, 7) is 3.06. The zero-order chi connectivity index (χ0) is 14.6. The van der Waals surface area contributed by atoms with E-state index in [4.69, 9.17) is 0 Å². The molecule has 0 unspecified atom stereocenters. The van der Waals surface area contributed by atoms with Crippen molar-refractivity contribution in [2.24, 2.45) is 0 Å². The molecule has 20 heavy (non-hydrogen) atoms. The van der Waals surface area contributed by atoms with Gasteiger partial charge in [-0.25, -0.2) is 4.98 Å². The maximum Gasteiger partial charge on any atom is 0.266 e. The van der Waals surface area contributed by atoms with E-state index in [1.165, 1.54) is 57.8 Å². The van der Waals surface area contributed by atoms with Gasteiger partial charge in [-0.05, 0) is 29.0 Å². The van der Waals surface area contributed by atoms with Crippen LogP contribution in [0, 0.1) is 3.57 Å². The molecule has 0 amide bonds. The van der Waals surface area contributed by atoms with Crippen LogP contribution < -0.4 is 5.56 Å². The van der Waals surface area contributed by atoms with Gasteiger partial charge in [-0.3, -0.25) is 9.36 Å². The first kappa shape index (κ1) is 17.7. The van der Waals surface area contributed by atoms with E-state index in [9.17, 15) is 4.79 Å². The smallest absolute Gasteiger partial charge is 0.266 e. The van der Waals surface area contributed by atoms with Crippen LogP contribution in [-0.2, 0) is 6.54 Å². The molecule has 3 nitrogen and oxygen atoms in total. The minimum Gasteiger partial charge on any atom is -0.298 e. The number of rotatable bonds is 11. The normalized spacial score (nSPS) is 10.9. The maximum atomic E-state index is 11.8. The first-order valence-corrected chi connectivity index (χ1v) is 9.03. The van der Waals surface area contributed by atoms with Crippen molar-refractivity contribution in [1.82, 2.24) is 9.55 Å². The van der Waals surface area contributed by atoms with Crippen molar-refractivity contribution >= 4 is 22.6 Å². The van der Waals surface area contributed by atoms with Gasteiger partial charge in [-0.1, -0.05) is 64.7 Å². The standard InChI is InChI=1S/C16H27IN2O/c1-2-3-4-5-6-7-8-9-10-11-12-19-14-18-13-15(17)16(19)20/h13-14H,2-12H2,1H3. The Hall–Kier alpha value is -0.390. The highest BCUT2D eigenvalue weighted by Gasteiger charge is 2.00. The zero-order valence-corrected chi connectivity index (χ0v) is 14.8. The highest BCUT2D eigenvalue weighted by molar-refractivity contribution is 14.1. The third kappa shape index (κ3) is 7.41. The molecular formula is C16H27IN2O. The molecule has 0 fully saturated rings. The third-order valence-corrected chi connectivity index (χ3v) is 4.35. The molecule has 0 aliphatic rings. The summed E-state index contributed by atoms with van der Waals surface area (Å²) >= 11 is 2.05. The third-order valence-electron chi connectivity index (χ3n) is 3.61. The van der Waals surface area contributed by atoms with Crippen molar-refractivity contribution in [3.8, 4) is 0 Å². The second-order valence-corrected chi connectivity index (χ2v) is 6.58. The molecule has 1 rings (SSSR count). The molecular weight excluding hydrogens is 363 g/mol. The Morgan fingerprint density at radius 1 is 1.00 bits per heavy atom. The summed E-state index contributed by atoms with van der Waals surface area (Å²) in [4.78, 5) is 15.8. The Kier molecular flexibility index (Phi) is 9.97. The van der Waals surface area contributed by atoms with Gasteiger partial charge in [-0.2, -0.15) is 0 Å². The van der Waals surface area contributed by atoms with Crippen LogP contribution in [0.2, 0.25) is 0 Å². The Balaban J connectivity index is 2.00. The Morgan fingerprint density at radius 2 is 1.55 bits per heavy atom. The number of aromatic nitrogens is 2. The molecule has 0 aromatic carbocycles. The van der Waals surface area contributed by atoms with E-state index in [1.54, 1.807) is 17.1 Å². The summed E-state index contributed by atoms with van der Waals surface area (Å²) in [6.07, 6.45) is 16.5. The van der Waals surface area contributed by atoms with E-state index in [0.717, 1.165) is 13.0 Å². The van der Waals surface area contributed by atoms with Crippen LogP contribution in [0.1, 0.15) is 71.1 Å². The molecule has 0 aliphatic heterocycles. The predicted octanol–water partition coefficient (Wildman–Crippen LogP) is 4.77. The topological polar surface area (TPSA) is 34.9 Å². The summed E-state index contributed by atoms with van der Waals surface area (Å²) < 4.78 is 2.43. The van der Waals surface area contributed by atoms with Crippen LogP contribution in [0.25, 0.3) is 0 Å². The Morgan fingerprint density at radius 3 is 2.15 bits per heavy atom. The molecule has 0 radical (unpaired) electrons. The van der Waals surface area contributed by atoms with Crippen LogP contribution in [0.15, 0.2) is 17.3 Å². The highest BCUT2D eigenvalue weighted by Crippen LogP contribution is 2.10. The van der Waals surface area contributed by atoms with E-state index >= 15 is 0 Å². The van der Waals surface area contributed by atoms with Gasteiger partial charge < -0.3 is 0 Å². The SMILES string of the molecule is CCCCCCCCCCCCn1cncc(I)c1=O. The van der Waals surface area contributed by atoms with Crippen molar-refractivity contribution in [3.05, 3.63) is 26.4 Å². The number of nitrogens with zero attached hydrogens (tertiary/aromatic N) is 2. The summed E-state index contributed by atoms with van der Waals surface area (Å²) in [5.74, 6) is 0. The summed E-state index contributed by atoms with van der Waals surface area (Å²) in [6, 6.07) is 0. The lowest BCUT2D eigenvalue weighted by molar-refractivity contribution is 0.526. The molecule has 0 atom stereocenters. The zero-order valence-electron chi connectivity index (χ0n) is 12.6. The Labute approximate surface area is 136 Å². The number of unbranched alkanes of at least 4 members (excludes halogenated alkanes) is 9. The fourth-order valence-corrected chi connectivity index (χ4v) is 2.82. The molecule has 114 valence electrons. The van der Waals surface area contributed by atoms with Gasteiger partial charge in [0.05, 0.1) is 9.90 Å². The van der Waals surface area contributed by atoms with Crippen LogP contribution >= 0.6 is 22.6 Å². The molecule has 1 heterocycles. The minimum absolute atomic E-state index is 0.0940. The predicted molar refractivity (Wildman–Crippen MR) is 93.1 cm³/mol. The number of aryl methyl sites for hydroxylation is 1. The summed E-state index contributed by atoms with van der Waals surface area (Å²) in [7, 11) is 0. The van der Waals surface area contributed by atoms with Crippen LogP contribution in [-0.4, -0.2) is 9.55 Å². The fourth-order valence-electron chi connectivity index (χ4n) is 2.35. The lowest BCUT2D eigenvalue weighted by atomic mass is 10.1. The van der Waals surface area contributed by atoms with Crippen LogP contribution in [0.4, 0.5) is 0 Å². The van der Waals surface area contributed by atoms with Gasteiger partial charge in [0.1, 0.15) is 0 Å². The van der Waals surface area contributed by atoms with Gasteiger partial charge in [0.2, 0.25) is 0 Å². The van der Waals surface area contributed by atoms with Crippen LogP contribution in [0.3, 0.4) is 0 Å². The maximum absolute atomic E-state index is 11.8. The number of hydrogen-bond acceptors (Lipinski definition) is 2. The van der Waals surface area contributed by atoms with Crippen LogP contribution in [0.5, 0.6) is 0 Å². The lowest BCUT2D eigenvalue weighted by Gasteiger charge is -2.05. The van der Waals surface area contributed by atoms with Crippen molar-refractivity contribution < 1.29 is 0 Å². The van der Waals surface area contributed by atoms with E-state index in [-0.39, 0.29) is 5.56 Å². The van der Waals surface area contributed by atoms with Crippen molar-refractivity contribution in [2.45, 2.75) is 77.7 Å². The molecule has 0 aliphatic carbocycles. The second kappa shape index (κ2) is 11.3. The Bertz CT molecular complexity index is 417. The second-order valence-electron chi connectivity index (χ2n) is 5.42. The van der Waals surface area contributed by atoms with E-state index in [0.29, 0.717) is 3.57 Å². The largest absolute Gasteiger partial charge is 0.298 e. The molecule has 0 saturated heterocycles. The van der Waals surface area contributed by atoms with Gasteiger partial charge >= 0.3 is 0 Å².